The summed E-state index contributed by atoms with van der Waals surface area (Å²) < 4.78 is 25.7. The number of hydrogen-bond acceptors (Lipinski definition) is 3. The van der Waals surface area contributed by atoms with Gasteiger partial charge in [-0.2, -0.15) is 4.72 Å². The van der Waals surface area contributed by atoms with E-state index in [0.29, 0.717) is 11.1 Å². The van der Waals surface area contributed by atoms with E-state index in [-0.39, 0.29) is 0 Å². The van der Waals surface area contributed by atoms with E-state index < -0.39 is 22.7 Å². The third kappa shape index (κ3) is 3.57. The standard InChI is InChI=1S/C9H10ClNO4S/c1-15-9(12)7-4-2-6(3-5-7)8(10)11-16(13)14/h2-5,8,11H,1H3,(H,13,14). The van der Waals surface area contributed by atoms with Crippen LogP contribution < -0.4 is 4.72 Å². The summed E-state index contributed by atoms with van der Waals surface area (Å²) in [4.78, 5) is 11.1. The lowest BCUT2D eigenvalue weighted by Crippen LogP contribution is -2.18. The van der Waals surface area contributed by atoms with E-state index in [2.05, 4.69) is 9.46 Å². The lowest BCUT2D eigenvalue weighted by molar-refractivity contribution is 0.0600. The monoisotopic (exact) mass is 263 g/mol. The van der Waals surface area contributed by atoms with Gasteiger partial charge in [-0.1, -0.05) is 23.7 Å². The van der Waals surface area contributed by atoms with Crippen LogP contribution in [0.4, 0.5) is 0 Å². The topological polar surface area (TPSA) is 75.6 Å². The second kappa shape index (κ2) is 5.95. The Kier molecular flexibility index (Phi) is 4.88. The molecule has 0 aliphatic rings. The first-order valence-electron chi connectivity index (χ1n) is 4.24. The maximum atomic E-state index is 11.1. The molecule has 0 heterocycles. The van der Waals surface area contributed by atoms with Crippen LogP contribution >= 0.6 is 11.6 Å². The minimum absolute atomic E-state index is 0.389. The maximum Gasteiger partial charge on any atom is 0.337 e. The summed E-state index contributed by atoms with van der Waals surface area (Å²) in [6.07, 6.45) is 0. The summed E-state index contributed by atoms with van der Waals surface area (Å²) in [6, 6.07) is 6.20. The second-order valence-electron chi connectivity index (χ2n) is 2.84. The van der Waals surface area contributed by atoms with Gasteiger partial charge in [0.25, 0.3) is 0 Å². The highest BCUT2D eigenvalue weighted by Crippen LogP contribution is 2.18. The van der Waals surface area contributed by atoms with E-state index in [0.717, 1.165) is 0 Å². The van der Waals surface area contributed by atoms with E-state index in [4.69, 9.17) is 16.2 Å². The van der Waals surface area contributed by atoms with Gasteiger partial charge in [-0.05, 0) is 17.7 Å². The molecule has 0 fully saturated rings. The molecule has 0 spiro atoms. The molecule has 0 amide bonds. The molecule has 2 unspecified atom stereocenters. The molecule has 0 saturated carbocycles. The number of alkyl halides is 1. The van der Waals surface area contributed by atoms with Crippen LogP contribution in [0.1, 0.15) is 21.4 Å². The van der Waals surface area contributed by atoms with Gasteiger partial charge in [-0.15, -0.1) is 0 Å². The molecule has 5 nitrogen and oxygen atoms in total. The Hall–Kier alpha value is -0.950. The predicted molar refractivity (Wildman–Crippen MR) is 60.3 cm³/mol. The average Bonchev–Trinajstić information content (AvgIpc) is 2.27. The fraction of sp³-hybridized carbons (Fsp3) is 0.222. The smallest absolute Gasteiger partial charge is 0.337 e. The van der Waals surface area contributed by atoms with Crippen LogP contribution in [-0.4, -0.2) is 21.8 Å². The molecule has 0 radical (unpaired) electrons. The van der Waals surface area contributed by atoms with Gasteiger partial charge in [0.15, 0.2) is 0 Å². The highest BCUT2D eigenvalue weighted by Gasteiger charge is 2.11. The summed E-state index contributed by atoms with van der Waals surface area (Å²) in [5.41, 5.74) is 0.175. The fourth-order valence-corrected chi connectivity index (χ4v) is 1.75. The minimum atomic E-state index is -2.19. The predicted octanol–water partition coefficient (Wildman–Crippen LogP) is 1.44. The van der Waals surface area contributed by atoms with E-state index in [9.17, 15) is 9.00 Å². The molecule has 0 saturated heterocycles. The number of carbonyl (C=O) groups is 1. The molecule has 0 bridgehead atoms. The first kappa shape index (κ1) is 13.1. The molecule has 16 heavy (non-hydrogen) atoms. The van der Waals surface area contributed by atoms with Gasteiger partial charge >= 0.3 is 5.97 Å². The van der Waals surface area contributed by atoms with Crippen molar-refractivity contribution in [1.82, 2.24) is 4.72 Å². The van der Waals surface area contributed by atoms with Crippen LogP contribution in [0.2, 0.25) is 0 Å². The van der Waals surface area contributed by atoms with Crippen LogP contribution in [0.15, 0.2) is 24.3 Å². The van der Waals surface area contributed by atoms with Crippen LogP contribution in [0.3, 0.4) is 0 Å². The number of hydrogen-bond donors (Lipinski definition) is 2. The molecule has 7 heteroatoms. The van der Waals surface area contributed by atoms with Crippen molar-refractivity contribution >= 4 is 28.8 Å². The Balaban J connectivity index is 2.78. The lowest BCUT2D eigenvalue weighted by Gasteiger charge is -2.09. The molecule has 1 rings (SSSR count). The van der Waals surface area contributed by atoms with E-state index in [1.807, 2.05) is 0 Å². The SMILES string of the molecule is COC(=O)c1ccc(C(Cl)NS(=O)O)cc1. The Morgan fingerprint density at radius 2 is 2.06 bits per heavy atom. The number of halogens is 1. The molecule has 2 atom stereocenters. The Morgan fingerprint density at radius 3 is 2.50 bits per heavy atom. The van der Waals surface area contributed by atoms with Crippen molar-refractivity contribution in [3.05, 3.63) is 35.4 Å². The molecule has 88 valence electrons. The Labute approximate surface area is 100 Å². The average molecular weight is 264 g/mol. The third-order valence-electron chi connectivity index (χ3n) is 1.83. The zero-order chi connectivity index (χ0) is 12.1. The number of rotatable bonds is 4. The third-order valence-corrected chi connectivity index (χ3v) is 2.76. The number of benzene rings is 1. The number of methoxy groups -OCH3 is 1. The molecule has 0 aliphatic heterocycles. The van der Waals surface area contributed by atoms with Crippen LogP contribution in [0, 0.1) is 0 Å². The fourth-order valence-electron chi connectivity index (χ4n) is 1.06. The van der Waals surface area contributed by atoms with E-state index in [1.165, 1.54) is 19.2 Å². The van der Waals surface area contributed by atoms with Crippen LogP contribution in [0.5, 0.6) is 0 Å². The van der Waals surface area contributed by atoms with Gasteiger partial charge in [-0.25, -0.2) is 9.00 Å². The number of nitrogens with one attached hydrogen (secondary N) is 1. The number of ether oxygens (including phenoxy) is 1. The Morgan fingerprint density at radius 1 is 1.50 bits per heavy atom. The van der Waals surface area contributed by atoms with E-state index in [1.54, 1.807) is 12.1 Å². The highest BCUT2D eigenvalue weighted by molar-refractivity contribution is 7.77. The van der Waals surface area contributed by atoms with Crippen molar-refractivity contribution in [2.75, 3.05) is 7.11 Å². The molecule has 1 aromatic rings. The quantitative estimate of drug-likeness (QED) is 0.373. The molecule has 0 aromatic heterocycles. The van der Waals surface area contributed by atoms with E-state index >= 15 is 0 Å². The summed E-state index contributed by atoms with van der Waals surface area (Å²) in [5, 5.41) is 0. The first-order chi connectivity index (χ1) is 7.54. The van der Waals surface area contributed by atoms with Crippen LogP contribution in [-0.2, 0) is 16.0 Å². The highest BCUT2D eigenvalue weighted by atomic mass is 35.5. The summed E-state index contributed by atoms with van der Waals surface area (Å²) in [6.45, 7) is 0. The van der Waals surface area contributed by atoms with Gasteiger partial charge in [0, 0.05) is 0 Å². The zero-order valence-corrected chi connectivity index (χ0v) is 9.92. The number of esters is 1. The number of carbonyl (C=O) groups excluding carboxylic acids is 1. The minimum Gasteiger partial charge on any atom is -0.465 e. The molecule has 0 aliphatic carbocycles. The van der Waals surface area contributed by atoms with Crippen molar-refractivity contribution in [3.8, 4) is 0 Å². The van der Waals surface area contributed by atoms with Crippen molar-refractivity contribution < 1.29 is 18.3 Å². The normalized spacial score (nSPS) is 14.2. The largest absolute Gasteiger partial charge is 0.465 e. The van der Waals surface area contributed by atoms with Crippen molar-refractivity contribution in [2.45, 2.75) is 5.50 Å². The molecular formula is C9H10ClNO4S. The van der Waals surface area contributed by atoms with Gasteiger partial charge in [0.05, 0.1) is 12.7 Å². The van der Waals surface area contributed by atoms with Gasteiger partial charge in [-0.3, -0.25) is 4.55 Å². The lowest BCUT2D eigenvalue weighted by atomic mass is 10.1. The summed E-state index contributed by atoms with van der Waals surface area (Å²) in [5.74, 6) is -0.448. The zero-order valence-electron chi connectivity index (χ0n) is 8.34. The van der Waals surface area contributed by atoms with Crippen molar-refractivity contribution in [1.29, 1.82) is 0 Å². The molecule has 2 N–H and O–H groups in total. The molecular weight excluding hydrogens is 254 g/mol. The van der Waals surface area contributed by atoms with Gasteiger partial charge < -0.3 is 4.74 Å². The first-order valence-corrected chi connectivity index (χ1v) is 5.78. The van der Waals surface area contributed by atoms with Crippen molar-refractivity contribution in [3.63, 3.8) is 0 Å². The summed E-state index contributed by atoms with van der Waals surface area (Å²) >= 11 is 3.60. The summed E-state index contributed by atoms with van der Waals surface area (Å²) in [7, 11) is 1.29. The van der Waals surface area contributed by atoms with Crippen molar-refractivity contribution in [2.24, 2.45) is 0 Å². The Bertz CT molecular complexity index is 395. The maximum absolute atomic E-state index is 11.1. The second-order valence-corrected chi connectivity index (χ2v) is 4.01. The van der Waals surface area contributed by atoms with Crippen LogP contribution in [0.25, 0.3) is 0 Å². The van der Waals surface area contributed by atoms with Gasteiger partial charge in [0.1, 0.15) is 5.50 Å². The van der Waals surface area contributed by atoms with Gasteiger partial charge in [0.2, 0.25) is 11.3 Å². The molecule has 1 aromatic carbocycles.